The number of aliphatic carboxylic acids is 1. The van der Waals surface area contributed by atoms with E-state index >= 15 is 0 Å². The molecule has 0 fully saturated rings. The fourth-order valence-electron chi connectivity index (χ4n) is 4.59. The number of nitriles is 1. The van der Waals surface area contributed by atoms with Gasteiger partial charge < -0.3 is 15.6 Å². The number of carboxylic acid groups (broad SMARTS) is 1. The summed E-state index contributed by atoms with van der Waals surface area (Å²) < 4.78 is 6.34. The van der Waals surface area contributed by atoms with Gasteiger partial charge in [-0.2, -0.15) is 5.26 Å². The highest BCUT2D eigenvalue weighted by molar-refractivity contribution is 6.01. The molecule has 162 valence electrons. The topological polar surface area (TPSA) is 109 Å². The third-order valence-electron chi connectivity index (χ3n) is 6.14. The standard InChI is InChI=1S/C27H21N3O3/c28-15-19-4-1-3-18(14-25(31)32)26(19)33-24-10-9-16-7-8-17(13-23(16)24)20-5-2-6-22-21(20)11-12-30-27(22)29/h1-8,11-13,24H,9-10,14H2,(H2,29,30)(H,31,32)/t24-/m1/s1. The lowest BCUT2D eigenvalue weighted by Crippen LogP contribution is -2.09. The number of nitrogen functional groups attached to an aromatic ring is 1. The fourth-order valence-corrected chi connectivity index (χ4v) is 4.59. The summed E-state index contributed by atoms with van der Waals surface area (Å²) in [5, 5.41) is 20.8. The van der Waals surface area contributed by atoms with Gasteiger partial charge in [-0.1, -0.05) is 42.5 Å². The van der Waals surface area contributed by atoms with Gasteiger partial charge in [0.25, 0.3) is 0 Å². The van der Waals surface area contributed by atoms with Crippen molar-refractivity contribution >= 4 is 22.6 Å². The molecule has 0 unspecified atom stereocenters. The van der Waals surface area contributed by atoms with Crippen LogP contribution in [0.4, 0.5) is 5.82 Å². The van der Waals surface area contributed by atoms with Gasteiger partial charge in [0.2, 0.25) is 0 Å². The molecule has 3 aromatic carbocycles. The zero-order valence-electron chi connectivity index (χ0n) is 17.8. The Kier molecular flexibility index (Phi) is 5.15. The van der Waals surface area contributed by atoms with Crippen LogP contribution >= 0.6 is 0 Å². The predicted molar refractivity (Wildman–Crippen MR) is 126 cm³/mol. The van der Waals surface area contributed by atoms with E-state index in [4.69, 9.17) is 10.5 Å². The molecule has 1 aliphatic carbocycles. The Bertz CT molecular complexity index is 1440. The molecular weight excluding hydrogens is 414 g/mol. The Morgan fingerprint density at radius 2 is 2.00 bits per heavy atom. The van der Waals surface area contributed by atoms with E-state index in [1.165, 1.54) is 5.56 Å². The summed E-state index contributed by atoms with van der Waals surface area (Å²) in [6.07, 6.45) is 2.87. The Hall–Kier alpha value is -4.37. The SMILES string of the molecule is N#Cc1cccc(CC(=O)O)c1O[C@@H]1CCc2ccc(-c3cccc4c(N)nccc34)cc21. The van der Waals surface area contributed by atoms with Gasteiger partial charge in [0.1, 0.15) is 23.7 Å². The molecule has 1 aromatic heterocycles. The molecule has 33 heavy (non-hydrogen) atoms. The first-order chi connectivity index (χ1) is 16.0. The molecule has 0 saturated heterocycles. The summed E-state index contributed by atoms with van der Waals surface area (Å²) in [4.78, 5) is 15.5. The number of fused-ring (bicyclic) bond motifs is 2. The average Bonchev–Trinajstić information content (AvgIpc) is 3.22. The quantitative estimate of drug-likeness (QED) is 0.454. The first-order valence-corrected chi connectivity index (χ1v) is 10.7. The van der Waals surface area contributed by atoms with Crippen LogP contribution in [0.2, 0.25) is 0 Å². The molecule has 0 bridgehead atoms. The number of nitrogens with two attached hydrogens (primary N) is 1. The lowest BCUT2D eigenvalue weighted by Gasteiger charge is -2.19. The van der Waals surface area contributed by atoms with Crippen molar-refractivity contribution in [3.05, 3.63) is 89.1 Å². The minimum atomic E-state index is -0.964. The third kappa shape index (κ3) is 3.74. The number of carboxylic acids is 1. The number of aromatic nitrogens is 1. The molecule has 0 amide bonds. The summed E-state index contributed by atoms with van der Waals surface area (Å²) in [6, 6.07) is 21.5. The van der Waals surface area contributed by atoms with Crippen LogP contribution in [0.3, 0.4) is 0 Å². The number of ether oxygens (including phenoxy) is 1. The van der Waals surface area contributed by atoms with E-state index in [-0.39, 0.29) is 12.5 Å². The molecule has 1 atom stereocenters. The number of anilines is 1. The zero-order chi connectivity index (χ0) is 22.9. The normalized spacial score (nSPS) is 14.6. The van der Waals surface area contributed by atoms with Gasteiger partial charge >= 0.3 is 5.97 Å². The molecule has 0 aliphatic heterocycles. The largest absolute Gasteiger partial charge is 0.484 e. The van der Waals surface area contributed by atoms with Gasteiger partial charge in [0.15, 0.2) is 0 Å². The maximum Gasteiger partial charge on any atom is 0.307 e. The van der Waals surface area contributed by atoms with Crippen molar-refractivity contribution in [2.24, 2.45) is 0 Å². The van der Waals surface area contributed by atoms with E-state index in [1.54, 1.807) is 24.4 Å². The number of rotatable bonds is 5. The van der Waals surface area contributed by atoms with Gasteiger partial charge in [-0.05, 0) is 58.7 Å². The van der Waals surface area contributed by atoms with Gasteiger partial charge in [0.05, 0.1) is 12.0 Å². The summed E-state index contributed by atoms with van der Waals surface area (Å²) in [7, 11) is 0. The highest BCUT2D eigenvalue weighted by Gasteiger charge is 2.27. The Morgan fingerprint density at radius 3 is 2.82 bits per heavy atom. The highest BCUT2D eigenvalue weighted by Crippen LogP contribution is 2.40. The van der Waals surface area contributed by atoms with Crippen molar-refractivity contribution in [1.29, 1.82) is 5.26 Å². The molecule has 6 heteroatoms. The van der Waals surface area contributed by atoms with E-state index in [0.717, 1.165) is 40.3 Å². The van der Waals surface area contributed by atoms with Crippen molar-refractivity contribution in [3.63, 3.8) is 0 Å². The second kappa shape index (κ2) is 8.29. The van der Waals surface area contributed by atoms with E-state index in [2.05, 4.69) is 35.3 Å². The smallest absolute Gasteiger partial charge is 0.307 e. The number of carbonyl (C=O) groups is 1. The third-order valence-corrected chi connectivity index (χ3v) is 6.14. The summed E-state index contributed by atoms with van der Waals surface area (Å²) in [5.41, 5.74) is 11.3. The van der Waals surface area contributed by atoms with Crippen LogP contribution in [0.25, 0.3) is 21.9 Å². The molecular formula is C27H21N3O3. The summed E-state index contributed by atoms with van der Waals surface area (Å²) in [5.74, 6) is -0.112. The number of pyridine rings is 1. The number of aryl methyl sites for hydroxylation is 1. The Morgan fingerprint density at radius 1 is 1.15 bits per heavy atom. The molecule has 4 aromatic rings. The van der Waals surface area contributed by atoms with E-state index in [0.29, 0.717) is 22.7 Å². The molecule has 6 nitrogen and oxygen atoms in total. The van der Waals surface area contributed by atoms with Gasteiger partial charge in [0, 0.05) is 17.1 Å². The van der Waals surface area contributed by atoms with Gasteiger partial charge in [-0.25, -0.2) is 4.98 Å². The van der Waals surface area contributed by atoms with Crippen LogP contribution in [0.1, 0.15) is 34.8 Å². The Labute approximate surface area is 190 Å². The number of hydrogen-bond acceptors (Lipinski definition) is 5. The van der Waals surface area contributed by atoms with Crippen LogP contribution in [-0.2, 0) is 17.6 Å². The van der Waals surface area contributed by atoms with Crippen molar-refractivity contribution in [2.45, 2.75) is 25.4 Å². The van der Waals surface area contributed by atoms with Crippen LogP contribution in [0.15, 0.2) is 66.9 Å². The number of benzene rings is 3. The Balaban J connectivity index is 1.55. The number of para-hydroxylation sites is 1. The van der Waals surface area contributed by atoms with Crippen LogP contribution < -0.4 is 10.5 Å². The average molecular weight is 435 g/mol. The first-order valence-electron chi connectivity index (χ1n) is 10.7. The van der Waals surface area contributed by atoms with Crippen LogP contribution in [0.5, 0.6) is 5.75 Å². The second-order valence-corrected chi connectivity index (χ2v) is 8.13. The van der Waals surface area contributed by atoms with Crippen molar-refractivity contribution in [2.75, 3.05) is 5.73 Å². The predicted octanol–water partition coefficient (Wildman–Crippen LogP) is 5.05. The molecule has 1 aliphatic rings. The molecule has 1 heterocycles. The molecule has 0 radical (unpaired) electrons. The van der Waals surface area contributed by atoms with E-state index < -0.39 is 5.97 Å². The van der Waals surface area contributed by atoms with Crippen molar-refractivity contribution in [3.8, 4) is 22.9 Å². The maximum absolute atomic E-state index is 11.3. The lowest BCUT2D eigenvalue weighted by atomic mass is 9.96. The first kappa shape index (κ1) is 20.5. The molecule has 0 spiro atoms. The maximum atomic E-state index is 11.3. The van der Waals surface area contributed by atoms with E-state index in [1.807, 2.05) is 18.2 Å². The second-order valence-electron chi connectivity index (χ2n) is 8.13. The summed E-state index contributed by atoms with van der Waals surface area (Å²) >= 11 is 0. The zero-order valence-corrected chi connectivity index (χ0v) is 17.8. The van der Waals surface area contributed by atoms with Gasteiger partial charge in [-0.15, -0.1) is 0 Å². The lowest BCUT2D eigenvalue weighted by molar-refractivity contribution is -0.136. The number of hydrogen-bond donors (Lipinski definition) is 2. The van der Waals surface area contributed by atoms with Crippen LogP contribution in [-0.4, -0.2) is 16.1 Å². The molecule has 5 rings (SSSR count). The minimum Gasteiger partial charge on any atom is -0.484 e. The van der Waals surface area contributed by atoms with Crippen LogP contribution in [0, 0.1) is 11.3 Å². The fraction of sp³-hybridized carbons (Fsp3) is 0.148. The monoisotopic (exact) mass is 435 g/mol. The summed E-state index contributed by atoms with van der Waals surface area (Å²) in [6.45, 7) is 0. The van der Waals surface area contributed by atoms with Crippen molar-refractivity contribution in [1.82, 2.24) is 4.98 Å². The molecule has 0 saturated carbocycles. The highest BCUT2D eigenvalue weighted by atomic mass is 16.5. The minimum absolute atomic E-state index is 0.198. The van der Waals surface area contributed by atoms with Gasteiger partial charge in [-0.3, -0.25) is 4.79 Å². The van der Waals surface area contributed by atoms with Crippen molar-refractivity contribution < 1.29 is 14.6 Å². The molecule has 3 N–H and O–H groups in total. The number of nitrogens with zero attached hydrogens (tertiary/aromatic N) is 2. The van der Waals surface area contributed by atoms with E-state index in [9.17, 15) is 15.2 Å².